The van der Waals surface area contributed by atoms with E-state index in [-0.39, 0.29) is 0 Å². The zero-order valence-electron chi connectivity index (χ0n) is 4.14. The normalized spacial score (nSPS) is 10.0. The van der Waals surface area contributed by atoms with Gasteiger partial charge < -0.3 is 0 Å². The lowest BCUT2D eigenvalue weighted by atomic mass is 10.3. The van der Waals surface area contributed by atoms with Gasteiger partial charge in [-0.15, -0.1) is 6.42 Å². The van der Waals surface area contributed by atoms with E-state index in [4.69, 9.17) is 6.42 Å². The number of hydrogen-bond acceptors (Lipinski definition) is 1. The number of allylic oxidation sites excluding steroid dienone is 2. The summed E-state index contributed by atoms with van der Waals surface area (Å²) >= 11 is 0. The van der Waals surface area contributed by atoms with E-state index in [1.807, 2.05) is 0 Å². The number of terminal acetylenes is 1. The molecule has 0 aliphatic heterocycles. The van der Waals surface area contributed by atoms with E-state index in [0.29, 0.717) is 5.57 Å². The Labute approximate surface area is 43.0 Å². The van der Waals surface area contributed by atoms with Crippen LogP contribution >= 0.6 is 0 Å². The van der Waals surface area contributed by atoms with E-state index in [2.05, 4.69) is 5.92 Å². The molecule has 0 aliphatic rings. The number of rotatable bonds is 1. The molecule has 0 N–H and O–H groups in total. The van der Waals surface area contributed by atoms with Gasteiger partial charge in [-0.2, -0.15) is 0 Å². The molecule has 0 spiro atoms. The average Bonchev–Trinajstić information content (AvgIpc) is 1.68. The highest BCUT2D eigenvalue weighted by Gasteiger charge is 1.74. The lowest BCUT2D eigenvalue weighted by Crippen LogP contribution is -1.71. The first-order valence-corrected chi connectivity index (χ1v) is 1.89. The van der Waals surface area contributed by atoms with Crippen LogP contribution in [0.4, 0.5) is 0 Å². The van der Waals surface area contributed by atoms with E-state index < -0.39 is 0 Å². The maximum atomic E-state index is 9.73. The fourth-order valence-electron chi connectivity index (χ4n) is 0.165. The fourth-order valence-corrected chi connectivity index (χ4v) is 0.165. The van der Waals surface area contributed by atoms with Crippen molar-refractivity contribution >= 4 is 6.29 Å². The van der Waals surface area contributed by atoms with E-state index in [9.17, 15) is 4.79 Å². The average molecular weight is 94.1 g/mol. The summed E-state index contributed by atoms with van der Waals surface area (Å²) in [5.41, 5.74) is 0.586. The van der Waals surface area contributed by atoms with Crippen molar-refractivity contribution in [1.29, 1.82) is 0 Å². The van der Waals surface area contributed by atoms with Gasteiger partial charge in [0.15, 0.2) is 0 Å². The zero-order chi connectivity index (χ0) is 5.70. The van der Waals surface area contributed by atoms with Crippen molar-refractivity contribution in [3.63, 3.8) is 0 Å². The summed E-state index contributed by atoms with van der Waals surface area (Å²) in [5.74, 6) is 2.23. The predicted octanol–water partition coefficient (Wildman–Crippen LogP) is 0.765. The molecule has 1 nitrogen and oxygen atoms in total. The maximum Gasteiger partial charge on any atom is 0.146 e. The summed E-state index contributed by atoms with van der Waals surface area (Å²) in [7, 11) is 0. The standard InChI is InChI=1S/C6H6O/c1-3-4-6(2)5-7/h1,4-5H,2H3. The Bertz CT molecular complexity index is 126. The minimum absolute atomic E-state index is 0.586. The van der Waals surface area contributed by atoms with Crippen LogP contribution < -0.4 is 0 Å². The summed E-state index contributed by atoms with van der Waals surface area (Å²) in [6.07, 6.45) is 6.97. The molecule has 0 rings (SSSR count). The molecule has 0 saturated heterocycles. The Morgan fingerprint density at radius 2 is 2.43 bits per heavy atom. The summed E-state index contributed by atoms with van der Waals surface area (Å²) in [6, 6.07) is 0. The third kappa shape index (κ3) is 2.78. The van der Waals surface area contributed by atoms with E-state index in [0.717, 1.165) is 6.29 Å². The third-order valence-corrected chi connectivity index (χ3v) is 0.497. The molecular weight excluding hydrogens is 88.1 g/mol. The molecule has 0 atom stereocenters. The van der Waals surface area contributed by atoms with Gasteiger partial charge in [0.2, 0.25) is 0 Å². The zero-order valence-corrected chi connectivity index (χ0v) is 4.14. The van der Waals surface area contributed by atoms with Crippen molar-refractivity contribution in [2.45, 2.75) is 6.92 Å². The molecule has 0 unspecified atom stereocenters. The monoisotopic (exact) mass is 94.0 g/mol. The third-order valence-electron chi connectivity index (χ3n) is 0.497. The smallest absolute Gasteiger partial charge is 0.146 e. The highest BCUT2D eigenvalue weighted by Crippen LogP contribution is 1.80. The lowest BCUT2D eigenvalue weighted by Gasteiger charge is -1.73. The molecule has 36 valence electrons. The van der Waals surface area contributed by atoms with Crippen LogP contribution in [0.25, 0.3) is 0 Å². The van der Waals surface area contributed by atoms with Gasteiger partial charge in [0.1, 0.15) is 6.29 Å². The van der Waals surface area contributed by atoms with Gasteiger partial charge in [-0.1, -0.05) is 5.92 Å². The van der Waals surface area contributed by atoms with Gasteiger partial charge in [-0.3, -0.25) is 4.79 Å². The molecule has 7 heavy (non-hydrogen) atoms. The minimum Gasteiger partial charge on any atom is -0.298 e. The first kappa shape index (κ1) is 5.97. The van der Waals surface area contributed by atoms with Crippen molar-refractivity contribution < 1.29 is 4.79 Å². The van der Waals surface area contributed by atoms with Crippen LogP contribution in [0.2, 0.25) is 0 Å². The van der Waals surface area contributed by atoms with Crippen LogP contribution in [-0.4, -0.2) is 6.29 Å². The van der Waals surface area contributed by atoms with Crippen molar-refractivity contribution in [3.05, 3.63) is 11.6 Å². The van der Waals surface area contributed by atoms with E-state index in [1.165, 1.54) is 6.08 Å². The molecule has 0 aromatic carbocycles. The molecule has 0 aromatic heterocycles. The molecular formula is C6H6O. The molecule has 0 amide bonds. The van der Waals surface area contributed by atoms with Crippen LogP contribution in [0.3, 0.4) is 0 Å². The highest BCUT2D eigenvalue weighted by atomic mass is 16.1. The van der Waals surface area contributed by atoms with Gasteiger partial charge in [0, 0.05) is 0 Å². The molecule has 0 bridgehead atoms. The molecule has 0 aromatic rings. The fraction of sp³-hybridized carbons (Fsp3) is 0.167. The summed E-state index contributed by atoms with van der Waals surface area (Å²) < 4.78 is 0. The number of aldehydes is 1. The van der Waals surface area contributed by atoms with Crippen molar-refractivity contribution in [1.82, 2.24) is 0 Å². The van der Waals surface area contributed by atoms with Crippen LogP contribution in [0.15, 0.2) is 11.6 Å². The van der Waals surface area contributed by atoms with Crippen LogP contribution in [-0.2, 0) is 4.79 Å². The van der Waals surface area contributed by atoms with Crippen molar-refractivity contribution in [2.75, 3.05) is 0 Å². The quantitative estimate of drug-likeness (QED) is 0.266. The Morgan fingerprint density at radius 1 is 1.86 bits per heavy atom. The molecule has 1 heteroatoms. The minimum atomic E-state index is 0.586. The summed E-state index contributed by atoms with van der Waals surface area (Å²) in [5, 5.41) is 0. The SMILES string of the molecule is C#CC=C(C)C=O. The second kappa shape index (κ2) is 3.17. The van der Waals surface area contributed by atoms with Gasteiger partial charge in [0.25, 0.3) is 0 Å². The van der Waals surface area contributed by atoms with Crippen molar-refractivity contribution in [2.24, 2.45) is 0 Å². The summed E-state index contributed by atoms with van der Waals surface area (Å²) in [4.78, 5) is 9.73. The predicted molar refractivity (Wildman–Crippen MR) is 28.7 cm³/mol. The Hall–Kier alpha value is -1.03. The Morgan fingerprint density at radius 3 is 2.57 bits per heavy atom. The Balaban J connectivity index is 3.80. The van der Waals surface area contributed by atoms with Gasteiger partial charge in [-0.25, -0.2) is 0 Å². The van der Waals surface area contributed by atoms with Gasteiger partial charge in [0.05, 0.1) is 0 Å². The number of hydrogen-bond donors (Lipinski definition) is 0. The highest BCUT2D eigenvalue weighted by molar-refractivity contribution is 5.73. The second-order valence-electron chi connectivity index (χ2n) is 1.17. The molecule has 0 heterocycles. The molecule has 0 radical (unpaired) electrons. The van der Waals surface area contributed by atoms with Crippen LogP contribution in [0.5, 0.6) is 0 Å². The molecule has 0 aliphatic carbocycles. The van der Waals surface area contributed by atoms with E-state index >= 15 is 0 Å². The maximum absolute atomic E-state index is 9.73. The topological polar surface area (TPSA) is 17.1 Å². The van der Waals surface area contributed by atoms with Crippen LogP contribution in [0, 0.1) is 12.3 Å². The molecule has 0 saturated carbocycles. The second-order valence-corrected chi connectivity index (χ2v) is 1.17. The number of carbonyl (C=O) groups excluding carboxylic acids is 1. The van der Waals surface area contributed by atoms with Gasteiger partial charge in [-0.05, 0) is 18.6 Å². The largest absolute Gasteiger partial charge is 0.298 e. The van der Waals surface area contributed by atoms with Gasteiger partial charge >= 0.3 is 0 Å². The van der Waals surface area contributed by atoms with Crippen molar-refractivity contribution in [3.8, 4) is 12.3 Å². The lowest BCUT2D eigenvalue weighted by molar-refractivity contribution is -0.104. The summed E-state index contributed by atoms with van der Waals surface area (Å²) in [6.45, 7) is 1.66. The van der Waals surface area contributed by atoms with Crippen LogP contribution in [0.1, 0.15) is 6.92 Å². The number of carbonyl (C=O) groups is 1. The van der Waals surface area contributed by atoms with E-state index in [1.54, 1.807) is 6.92 Å². The first-order chi connectivity index (χ1) is 3.31. The first-order valence-electron chi connectivity index (χ1n) is 1.89. The molecule has 0 fully saturated rings. The Kier molecular flexibility index (Phi) is 2.70.